The van der Waals surface area contributed by atoms with Crippen LogP contribution in [-0.2, 0) is 13.0 Å². The van der Waals surface area contributed by atoms with Crippen molar-refractivity contribution in [2.45, 2.75) is 13.0 Å². The maximum atomic E-state index is 5.30. The molecule has 0 aliphatic rings. The molecule has 2 heterocycles. The highest BCUT2D eigenvalue weighted by atomic mass is 32.1. The molecule has 0 amide bonds. The van der Waals surface area contributed by atoms with E-state index in [0.717, 1.165) is 35.2 Å². The van der Waals surface area contributed by atoms with Crippen LogP contribution in [-0.4, -0.2) is 42.7 Å². The molecule has 0 bridgehead atoms. The minimum Gasteiger partial charge on any atom is -0.480 e. The molecule has 0 saturated carbocycles. The molecule has 2 rings (SSSR count). The van der Waals surface area contributed by atoms with Crippen molar-refractivity contribution in [2.75, 3.05) is 32.6 Å². The zero-order valence-electron chi connectivity index (χ0n) is 11.4. The van der Waals surface area contributed by atoms with Crippen LogP contribution in [0, 0.1) is 0 Å². The van der Waals surface area contributed by atoms with E-state index in [1.807, 2.05) is 25.2 Å². The van der Waals surface area contributed by atoms with Crippen LogP contribution in [0.15, 0.2) is 12.5 Å². The highest BCUT2D eigenvalue weighted by Crippen LogP contribution is 2.30. The lowest BCUT2D eigenvalue weighted by molar-refractivity contribution is 0.395. The highest BCUT2D eigenvalue weighted by Gasteiger charge is 2.12. The summed E-state index contributed by atoms with van der Waals surface area (Å²) in [6.07, 6.45) is 4.48. The number of imidazole rings is 1. The van der Waals surface area contributed by atoms with Crippen LogP contribution in [0.5, 0.6) is 5.88 Å². The Kier molecular flexibility index (Phi) is 4.75. The summed E-state index contributed by atoms with van der Waals surface area (Å²) in [6.45, 7) is 1.66. The molecule has 0 aromatic carbocycles. The number of rotatable bonds is 7. The van der Waals surface area contributed by atoms with E-state index in [2.05, 4.69) is 20.3 Å². The summed E-state index contributed by atoms with van der Waals surface area (Å²) in [5.74, 6) is 0.711. The average Bonchev–Trinajstić information content (AvgIpc) is 3.03. The summed E-state index contributed by atoms with van der Waals surface area (Å²) < 4.78 is 5.30. The molecule has 7 heteroatoms. The van der Waals surface area contributed by atoms with Crippen LogP contribution in [0.3, 0.4) is 0 Å². The maximum absolute atomic E-state index is 5.30. The van der Waals surface area contributed by atoms with Crippen LogP contribution >= 0.6 is 11.3 Å². The van der Waals surface area contributed by atoms with Crippen molar-refractivity contribution in [2.24, 2.45) is 0 Å². The van der Waals surface area contributed by atoms with Crippen molar-refractivity contribution in [3.63, 3.8) is 0 Å². The average molecular weight is 281 g/mol. The van der Waals surface area contributed by atoms with Crippen molar-refractivity contribution in [3.8, 4) is 5.88 Å². The quantitative estimate of drug-likeness (QED) is 0.748. The largest absolute Gasteiger partial charge is 0.480 e. The van der Waals surface area contributed by atoms with E-state index in [-0.39, 0.29) is 0 Å². The number of aromatic amines is 1. The van der Waals surface area contributed by atoms with Crippen LogP contribution in [0.2, 0.25) is 0 Å². The first-order valence-corrected chi connectivity index (χ1v) is 6.91. The fraction of sp³-hybridized carbons (Fsp3) is 0.500. The lowest BCUT2D eigenvalue weighted by Gasteiger charge is -2.05. The van der Waals surface area contributed by atoms with Gasteiger partial charge in [0.25, 0.3) is 0 Å². The van der Waals surface area contributed by atoms with Gasteiger partial charge >= 0.3 is 0 Å². The van der Waals surface area contributed by atoms with E-state index in [4.69, 9.17) is 4.74 Å². The molecule has 2 N–H and O–H groups in total. The molecule has 0 spiro atoms. The standard InChI is InChI=1S/C12H19N5OS/c1-17(2)12-16-11(18-3)10(19-12)7-13-5-4-9-6-14-8-15-9/h6,8,13H,4-5,7H2,1-3H3,(H,14,15). The van der Waals surface area contributed by atoms with Crippen molar-refractivity contribution < 1.29 is 4.74 Å². The molecular formula is C12H19N5OS. The molecule has 2 aromatic heterocycles. The Bertz CT molecular complexity index is 494. The summed E-state index contributed by atoms with van der Waals surface area (Å²) >= 11 is 1.65. The van der Waals surface area contributed by atoms with Gasteiger partial charge in [-0.15, -0.1) is 0 Å². The van der Waals surface area contributed by atoms with E-state index >= 15 is 0 Å². The Balaban J connectivity index is 1.84. The maximum Gasteiger partial charge on any atom is 0.230 e. The third kappa shape index (κ3) is 3.68. The minimum absolute atomic E-state index is 0.711. The van der Waals surface area contributed by atoms with E-state index in [1.54, 1.807) is 24.8 Å². The lowest BCUT2D eigenvalue weighted by atomic mass is 10.3. The van der Waals surface area contributed by atoms with Gasteiger partial charge in [-0.3, -0.25) is 0 Å². The third-order valence-electron chi connectivity index (χ3n) is 2.64. The number of hydrogen-bond acceptors (Lipinski definition) is 6. The van der Waals surface area contributed by atoms with Crippen LogP contribution in [0.25, 0.3) is 0 Å². The number of thiazole rings is 1. The molecule has 19 heavy (non-hydrogen) atoms. The first kappa shape index (κ1) is 13.8. The van der Waals surface area contributed by atoms with Crippen LogP contribution in [0.1, 0.15) is 10.6 Å². The van der Waals surface area contributed by atoms with Gasteiger partial charge in [0.05, 0.1) is 18.3 Å². The van der Waals surface area contributed by atoms with Crippen LogP contribution in [0.4, 0.5) is 5.13 Å². The number of hydrogen-bond donors (Lipinski definition) is 2. The van der Waals surface area contributed by atoms with E-state index in [9.17, 15) is 0 Å². The Morgan fingerprint density at radius 2 is 2.32 bits per heavy atom. The molecule has 0 aliphatic heterocycles. The van der Waals surface area contributed by atoms with Gasteiger partial charge in [-0.2, -0.15) is 4.98 Å². The van der Waals surface area contributed by atoms with Crippen molar-refractivity contribution >= 4 is 16.5 Å². The number of aromatic nitrogens is 3. The zero-order chi connectivity index (χ0) is 13.7. The normalized spacial score (nSPS) is 10.7. The number of nitrogens with zero attached hydrogens (tertiary/aromatic N) is 3. The SMILES string of the molecule is COc1nc(N(C)C)sc1CNCCc1cnc[nH]1. The van der Waals surface area contributed by atoms with Gasteiger partial charge in [-0.1, -0.05) is 11.3 Å². The summed E-state index contributed by atoms with van der Waals surface area (Å²) in [4.78, 5) is 14.6. The smallest absolute Gasteiger partial charge is 0.230 e. The molecular weight excluding hydrogens is 262 g/mol. The van der Waals surface area contributed by atoms with Gasteiger partial charge in [0.2, 0.25) is 5.88 Å². The minimum atomic E-state index is 0.711. The molecule has 0 unspecified atom stereocenters. The lowest BCUT2D eigenvalue weighted by Crippen LogP contribution is -2.16. The Morgan fingerprint density at radius 1 is 1.47 bits per heavy atom. The van der Waals surface area contributed by atoms with Gasteiger partial charge in [0.15, 0.2) is 5.13 Å². The Morgan fingerprint density at radius 3 is 2.95 bits per heavy atom. The van der Waals surface area contributed by atoms with Gasteiger partial charge < -0.3 is 19.9 Å². The summed E-state index contributed by atoms with van der Waals surface area (Å²) in [5, 5.41) is 4.35. The molecule has 6 nitrogen and oxygen atoms in total. The topological polar surface area (TPSA) is 66.1 Å². The Hall–Kier alpha value is -1.60. The molecule has 2 aromatic rings. The molecule has 0 atom stereocenters. The van der Waals surface area contributed by atoms with E-state index in [0.29, 0.717) is 5.88 Å². The van der Waals surface area contributed by atoms with E-state index < -0.39 is 0 Å². The predicted octanol–water partition coefficient (Wildman–Crippen LogP) is 1.27. The molecule has 0 aliphatic carbocycles. The molecule has 0 fully saturated rings. The highest BCUT2D eigenvalue weighted by molar-refractivity contribution is 7.15. The second-order valence-electron chi connectivity index (χ2n) is 4.33. The number of methoxy groups -OCH3 is 1. The summed E-state index contributed by atoms with van der Waals surface area (Å²) in [7, 11) is 5.62. The molecule has 0 saturated heterocycles. The summed E-state index contributed by atoms with van der Waals surface area (Å²) in [6, 6.07) is 0. The Labute approximate surface area is 116 Å². The second-order valence-corrected chi connectivity index (χ2v) is 5.39. The fourth-order valence-electron chi connectivity index (χ4n) is 1.63. The van der Waals surface area contributed by atoms with Gasteiger partial charge in [0.1, 0.15) is 0 Å². The molecule has 0 radical (unpaired) electrons. The van der Waals surface area contributed by atoms with Crippen molar-refractivity contribution in [1.82, 2.24) is 20.3 Å². The number of H-pyrrole nitrogens is 1. The van der Waals surface area contributed by atoms with Crippen molar-refractivity contribution in [1.29, 1.82) is 0 Å². The van der Waals surface area contributed by atoms with E-state index in [1.165, 1.54) is 0 Å². The number of anilines is 1. The second kappa shape index (κ2) is 6.53. The molecule has 104 valence electrons. The zero-order valence-corrected chi connectivity index (χ0v) is 12.3. The van der Waals surface area contributed by atoms with Gasteiger partial charge in [-0.05, 0) is 0 Å². The van der Waals surface area contributed by atoms with Crippen molar-refractivity contribution in [3.05, 3.63) is 23.1 Å². The monoisotopic (exact) mass is 281 g/mol. The van der Waals surface area contributed by atoms with Crippen LogP contribution < -0.4 is 15.0 Å². The van der Waals surface area contributed by atoms with Gasteiger partial charge in [-0.25, -0.2) is 4.98 Å². The predicted molar refractivity (Wildman–Crippen MR) is 77.0 cm³/mol. The number of ether oxygens (including phenoxy) is 1. The first-order valence-electron chi connectivity index (χ1n) is 6.09. The number of nitrogens with one attached hydrogen (secondary N) is 2. The van der Waals surface area contributed by atoms with Gasteiger partial charge in [0, 0.05) is 45.5 Å². The first-order chi connectivity index (χ1) is 9.20. The fourth-order valence-corrected chi connectivity index (χ4v) is 2.56. The third-order valence-corrected chi connectivity index (χ3v) is 3.84. The summed E-state index contributed by atoms with van der Waals surface area (Å²) in [5.41, 5.74) is 1.14.